The summed E-state index contributed by atoms with van der Waals surface area (Å²) in [6, 6.07) is 66.7. The Morgan fingerprint density at radius 3 is 1.44 bits per heavy atom. The lowest BCUT2D eigenvalue weighted by Gasteiger charge is -2.29. The van der Waals surface area contributed by atoms with Gasteiger partial charge in [-0.1, -0.05) is 269 Å². The number of benzene rings is 9. The van der Waals surface area contributed by atoms with E-state index in [4.69, 9.17) is 28.5 Å². The van der Waals surface area contributed by atoms with Crippen molar-refractivity contribution in [3.63, 3.8) is 0 Å². The third-order valence-corrected chi connectivity index (χ3v) is 25.5. The molecule has 0 radical (unpaired) electrons. The van der Waals surface area contributed by atoms with Crippen LogP contribution in [0, 0.1) is 46.6 Å². The number of hydrogen-bond donors (Lipinski definition) is 7. The molecule has 144 heavy (non-hydrogen) atoms. The van der Waals surface area contributed by atoms with E-state index in [0.29, 0.717) is 77.8 Å². The molecule has 0 aromatic heterocycles. The lowest BCUT2D eigenvalue weighted by atomic mass is 9.88. The number of alkyl carbamates (subject to hydrolysis) is 1. The summed E-state index contributed by atoms with van der Waals surface area (Å²) in [6.45, 7) is 13.9. The molecular formula is C114H139N9O20S. The molecule has 11 atom stereocenters. The Morgan fingerprint density at radius 1 is 0.451 bits per heavy atom. The van der Waals surface area contributed by atoms with Gasteiger partial charge in [-0.2, -0.15) is 11.8 Å². The molecule has 0 spiro atoms. The molecule has 9 aromatic carbocycles. The Labute approximate surface area is 849 Å². The van der Waals surface area contributed by atoms with Gasteiger partial charge < -0.3 is 65.7 Å². The van der Waals surface area contributed by atoms with Gasteiger partial charge in [-0.3, -0.25) is 53.3 Å². The zero-order valence-corrected chi connectivity index (χ0v) is 85.0. The molecule has 9 aromatic rings. The summed E-state index contributed by atoms with van der Waals surface area (Å²) in [7, 11) is 0. The van der Waals surface area contributed by atoms with Crippen molar-refractivity contribution >= 4 is 93.8 Å². The van der Waals surface area contributed by atoms with Crippen molar-refractivity contribution in [2.24, 2.45) is 34.7 Å². The van der Waals surface area contributed by atoms with E-state index in [-0.39, 0.29) is 75.2 Å². The minimum Gasteiger partial charge on any atom is -0.444 e. The number of thioether (sulfide) groups is 1. The van der Waals surface area contributed by atoms with Gasteiger partial charge in [0.05, 0.1) is 80.6 Å². The second-order valence-electron chi connectivity index (χ2n) is 37.4. The summed E-state index contributed by atoms with van der Waals surface area (Å²) in [5.74, 6) is -11.4. The number of Topliss-reactive ketones (excluding diaryl/α,β-unsaturated/α-hetero) is 5. The van der Waals surface area contributed by atoms with Crippen LogP contribution in [0.5, 0.6) is 0 Å². The van der Waals surface area contributed by atoms with Crippen LogP contribution in [0.4, 0.5) is 15.3 Å². The van der Waals surface area contributed by atoms with E-state index in [2.05, 4.69) is 54.5 Å². The SMILES string of the molecule is CCC(C)[C@H](NC(=O)[C@@H](CC(=O)[C@H](Cc1ccc(CCc2ccccc2)cc1)NC(=O)[C@H](CNC(=O)NCC(=O)[C@H](CCSC)NC(=O)OC(C)(C)C)CC(=O)[C@@H](NC(=O)[C@H](COCc1ccccc1)CC(=O)[C@H](Cc1ccc(CCc2ccccc2)cc1)NC(=O)COCCOCCCC(=O)[C@@H](C)CC)C(C)OCc1ccccc1)Cc1ccccc1)C(=O)O/N=C(/c1ccc(C)cc1)c1ccc([N+](=O)[O-])cc1. The molecule has 2 unspecified atom stereocenters. The van der Waals surface area contributed by atoms with E-state index < -0.39 is 181 Å². The number of urea groups is 1. The van der Waals surface area contributed by atoms with E-state index in [0.717, 1.165) is 52.6 Å². The lowest BCUT2D eigenvalue weighted by Crippen LogP contribution is -2.54. The molecule has 9 rings (SSSR count). The summed E-state index contributed by atoms with van der Waals surface area (Å²) in [6.07, 6.45) is 2.38. The van der Waals surface area contributed by atoms with Gasteiger partial charge in [0.15, 0.2) is 23.1 Å². The van der Waals surface area contributed by atoms with Crippen LogP contribution in [-0.2, 0) is 135 Å². The molecule has 0 heterocycles. The molecule has 766 valence electrons. The Balaban J connectivity index is 1.07. The topological polar surface area (TPSA) is 400 Å². The van der Waals surface area contributed by atoms with Crippen molar-refractivity contribution in [1.82, 2.24) is 37.2 Å². The largest absolute Gasteiger partial charge is 0.444 e. The van der Waals surface area contributed by atoms with Gasteiger partial charge in [-0.25, -0.2) is 14.4 Å². The second kappa shape index (κ2) is 60.8. The molecule has 0 aliphatic carbocycles. The standard InChI is InChI=1S/C114H139N9O20S/c1-11-78(4)99(124)39-28-61-138-62-63-139-76-104(129)117-97(66-86-50-46-83(47-51-86)44-42-81-29-18-13-19-30-81)101(126)70-94(75-140-73-88-35-24-16-25-36-88)110(132)121-106(80(6)141-74-89-37-26-17-27-38-89)102(127)69-93(71-115-112(134)116-72-103(128)96(60-64-144-10)119-113(135)142-114(7,8)9)109(131)118-98(67-87-52-48-84(49-53-87)45-43-82-31-20-14-21-32-82)100(125)68-92(65-85-33-22-15-23-34-85)108(130)120-105(79(5)12-2)111(133)143-122-107(90-54-40-77(3)41-55-90)91-56-58-95(59-57-91)123(136)137/h13-27,29-38,40-41,46-59,78-80,92-94,96-98,105-106H,11-12,28,39,42-45,60-76H2,1-10H3,(H,117,129)(H,118,131)(H,119,135)(H,120,130)(H,121,132)(H2,115,116,134)/b122-107-/t78-,79?,80?,92+,93-,94-,96-,97-,98-,105-,106-/m0/s1. The molecule has 7 amide bonds. The maximum Gasteiger partial charge on any atom is 0.408 e. The van der Waals surface area contributed by atoms with Crippen LogP contribution in [0.2, 0.25) is 0 Å². The average molecular weight is 1990 g/mol. The van der Waals surface area contributed by atoms with Crippen molar-refractivity contribution in [1.29, 1.82) is 0 Å². The quantitative estimate of drug-likeness (QED) is 0.00612. The molecule has 0 aliphatic rings. The number of non-ortho nitro benzene ring substituents is 1. The molecule has 0 aliphatic heterocycles. The Morgan fingerprint density at radius 2 is 0.917 bits per heavy atom. The molecule has 29 nitrogen and oxygen atoms in total. The predicted octanol–water partition coefficient (Wildman–Crippen LogP) is 16.0. The van der Waals surface area contributed by atoms with Gasteiger partial charge in [0.2, 0.25) is 23.6 Å². The minimum absolute atomic E-state index is 0.0151. The monoisotopic (exact) mass is 1990 g/mol. The normalized spacial score (nSPS) is 13.8. The zero-order chi connectivity index (χ0) is 104. The van der Waals surface area contributed by atoms with Crippen molar-refractivity contribution < 1.29 is 91.0 Å². The highest BCUT2D eigenvalue weighted by molar-refractivity contribution is 7.98. The summed E-state index contributed by atoms with van der Waals surface area (Å²) >= 11 is 1.42. The lowest BCUT2D eigenvalue weighted by molar-refractivity contribution is -0.384. The number of ether oxygens (including phenoxy) is 5. The summed E-state index contributed by atoms with van der Waals surface area (Å²) in [5.41, 5.74) is 8.32. The number of nitrogens with one attached hydrogen (secondary N) is 7. The van der Waals surface area contributed by atoms with E-state index in [1.54, 1.807) is 101 Å². The highest BCUT2D eigenvalue weighted by atomic mass is 32.2. The number of carbonyl (C=O) groups is 12. The number of rotatable bonds is 63. The van der Waals surface area contributed by atoms with Crippen LogP contribution in [0.1, 0.15) is 174 Å². The third-order valence-electron chi connectivity index (χ3n) is 24.9. The molecule has 0 bridgehead atoms. The van der Waals surface area contributed by atoms with Crippen molar-refractivity contribution in [2.75, 3.05) is 58.1 Å². The van der Waals surface area contributed by atoms with E-state index in [1.165, 1.54) is 36.0 Å². The number of nitro benzene ring substituents is 1. The first kappa shape index (κ1) is 114. The molecule has 7 N–H and O–H groups in total. The Hall–Kier alpha value is -13.5. The number of ketones is 5. The summed E-state index contributed by atoms with van der Waals surface area (Å²) in [5, 5.41) is 35.6. The summed E-state index contributed by atoms with van der Waals surface area (Å²) in [4.78, 5) is 195. The molecule has 0 fully saturated rings. The molecule has 30 heteroatoms. The molecule has 0 saturated carbocycles. The van der Waals surface area contributed by atoms with Gasteiger partial charge in [-0.05, 0) is 179 Å². The smallest absolute Gasteiger partial charge is 0.408 e. The van der Waals surface area contributed by atoms with Crippen molar-refractivity contribution in [3.05, 3.63) is 326 Å². The van der Waals surface area contributed by atoms with E-state index >= 15 is 28.8 Å². The maximum absolute atomic E-state index is 16.2. The van der Waals surface area contributed by atoms with Gasteiger partial charge >= 0.3 is 18.1 Å². The number of hydrogen-bond acceptors (Lipinski definition) is 22. The van der Waals surface area contributed by atoms with Crippen LogP contribution < -0.4 is 37.2 Å². The number of aryl methyl sites for hydroxylation is 5. The van der Waals surface area contributed by atoms with Crippen LogP contribution in [0.3, 0.4) is 0 Å². The van der Waals surface area contributed by atoms with Crippen molar-refractivity contribution in [3.8, 4) is 0 Å². The van der Waals surface area contributed by atoms with Gasteiger partial charge in [0, 0.05) is 73.9 Å². The van der Waals surface area contributed by atoms with Crippen LogP contribution in [0.15, 0.2) is 254 Å². The van der Waals surface area contributed by atoms with Gasteiger partial charge in [0.25, 0.3) is 5.69 Å². The van der Waals surface area contributed by atoms with Gasteiger partial charge in [-0.15, -0.1) is 0 Å². The van der Waals surface area contributed by atoms with E-state index in [9.17, 15) is 38.9 Å². The first-order valence-electron chi connectivity index (χ1n) is 49.5. The highest BCUT2D eigenvalue weighted by Gasteiger charge is 2.39. The van der Waals surface area contributed by atoms with Crippen LogP contribution >= 0.6 is 11.8 Å². The predicted molar refractivity (Wildman–Crippen MR) is 555 cm³/mol. The average Bonchev–Trinajstić information content (AvgIpc) is 0.826. The summed E-state index contributed by atoms with van der Waals surface area (Å²) < 4.78 is 29.8. The first-order chi connectivity index (χ1) is 69.3. The van der Waals surface area contributed by atoms with E-state index in [1.807, 2.05) is 180 Å². The minimum atomic E-state index is -1.68. The number of nitrogens with zero attached hydrogens (tertiary/aromatic N) is 2. The zero-order valence-electron chi connectivity index (χ0n) is 84.2. The Kier molecular flexibility index (Phi) is 48.2. The fourth-order valence-electron chi connectivity index (χ4n) is 15.9. The number of oxime groups is 1. The first-order valence-corrected chi connectivity index (χ1v) is 50.8. The fourth-order valence-corrected chi connectivity index (χ4v) is 16.4. The van der Waals surface area contributed by atoms with Crippen LogP contribution in [0.25, 0.3) is 0 Å². The Bertz CT molecular complexity index is 5610. The molecular weight excluding hydrogens is 1850 g/mol. The fraction of sp³-hybridized carbons (Fsp3) is 0.412. The number of amides is 7. The molecule has 0 saturated heterocycles. The number of carbonyl (C=O) groups excluding carboxylic acids is 12. The van der Waals surface area contributed by atoms with Crippen molar-refractivity contribution in [2.45, 2.75) is 214 Å². The number of nitro groups is 1. The van der Waals surface area contributed by atoms with Crippen LogP contribution in [-0.4, -0.2) is 181 Å². The van der Waals surface area contributed by atoms with Gasteiger partial charge in [0.1, 0.15) is 35.8 Å². The maximum atomic E-state index is 16.2. The highest BCUT2D eigenvalue weighted by Crippen LogP contribution is 2.26. The second-order valence-corrected chi connectivity index (χ2v) is 38.4. The third kappa shape index (κ3) is 40.7.